The highest BCUT2D eigenvalue weighted by molar-refractivity contribution is 9.10. The number of nitriles is 1. The monoisotopic (exact) mass is 321 g/mol. The van der Waals surface area contributed by atoms with Gasteiger partial charge in [0.15, 0.2) is 0 Å². The first-order valence-electron chi connectivity index (χ1n) is 6.53. The summed E-state index contributed by atoms with van der Waals surface area (Å²) >= 11 is 3.41. The maximum absolute atomic E-state index is 8.98. The molecule has 19 heavy (non-hydrogen) atoms. The molecule has 0 radical (unpaired) electrons. The summed E-state index contributed by atoms with van der Waals surface area (Å²) in [4.78, 5) is 0. The lowest BCUT2D eigenvalue weighted by molar-refractivity contribution is -0.104. The number of rotatable bonds is 2. The standard InChI is InChI=1S/C14H16BrN3O/c15-9-4-8(7-16)5-10(6-9)18-13-12(17)11-2-1-3-19-14(11)13/h4-6,11-14,18H,1-3,17H2. The molecular weight excluding hydrogens is 306 g/mol. The molecule has 0 bridgehead atoms. The highest BCUT2D eigenvalue weighted by Gasteiger charge is 2.50. The van der Waals surface area contributed by atoms with E-state index in [9.17, 15) is 0 Å². The maximum atomic E-state index is 8.98. The van der Waals surface area contributed by atoms with E-state index in [1.165, 1.54) is 0 Å². The summed E-state index contributed by atoms with van der Waals surface area (Å²) < 4.78 is 6.69. The van der Waals surface area contributed by atoms with Gasteiger partial charge in [0.1, 0.15) is 0 Å². The molecule has 4 atom stereocenters. The largest absolute Gasteiger partial charge is 0.378 e. The Morgan fingerprint density at radius 2 is 2.26 bits per heavy atom. The third-order valence-electron chi connectivity index (χ3n) is 4.04. The molecule has 1 aromatic carbocycles. The Bertz CT molecular complexity index is 528. The lowest BCUT2D eigenvalue weighted by atomic mass is 9.68. The number of nitrogens with zero attached hydrogens (tertiary/aromatic N) is 1. The summed E-state index contributed by atoms with van der Waals surface area (Å²) in [7, 11) is 0. The van der Waals surface area contributed by atoms with Crippen molar-refractivity contribution in [3.63, 3.8) is 0 Å². The Hall–Kier alpha value is -1.09. The molecule has 0 spiro atoms. The zero-order valence-electron chi connectivity index (χ0n) is 10.5. The van der Waals surface area contributed by atoms with E-state index in [0.717, 1.165) is 29.6 Å². The minimum Gasteiger partial charge on any atom is -0.378 e. The number of halogens is 1. The Labute approximate surface area is 121 Å². The smallest absolute Gasteiger partial charge is 0.0992 e. The molecule has 0 amide bonds. The van der Waals surface area contributed by atoms with Gasteiger partial charge in [0.25, 0.3) is 0 Å². The molecular formula is C14H16BrN3O. The van der Waals surface area contributed by atoms with E-state index in [-0.39, 0.29) is 18.2 Å². The first-order valence-corrected chi connectivity index (χ1v) is 7.33. The van der Waals surface area contributed by atoms with E-state index in [1.54, 1.807) is 6.07 Å². The van der Waals surface area contributed by atoms with Crippen molar-refractivity contribution in [2.24, 2.45) is 11.7 Å². The van der Waals surface area contributed by atoms with Gasteiger partial charge in [-0.2, -0.15) is 5.26 Å². The van der Waals surface area contributed by atoms with Crippen molar-refractivity contribution in [1.82, 2.24) is 0 Å². The van der Waals surface area contributed by atoms with Crippen LogP contribution in [0.1, 0.15) is 18.4 Å². The van der Waals surface area contributed by atoms with Gasteiger partial charge in [-0.1, -0.05) is 15.9 Å². The van der Waals surface area contributed by atoms with Crippen molar-refractivity contribution >= 4 is 21.6 Å². The SMILES string of the molecule is N#Cc1cc(Br)cc(NC2C(N)C3CCCOC32)c1. The van der Waals surface area contributed by atoms with Crippen LogP contribution in [0.4, 0.5) is 5.69 Å². The Morgan fingerprint density at radius 1 is 1.42 bits per heavy atom. The lowest BCUT2D eigenvalue weighted by Crippen LogP contribution is -2.69. The van der Waals surface area contributed by atoms with Crippen molar-refractivity contribution < 1.29 is 4.74 Å². The van der Waals surface area contributed by atoms with Crippen LogP contribution in [-0.4, -0.2) is 24.8 Å². The number of nitrogens with two attached hydrogens (primary N) is 1. The molecule has 4 unspecified atom stereocenters. The van der Waals surface area contributed by atoms with Gasteiger partial charge in [-0.05, 0) is 31.0 Å². The summed E-state index contributed by atoms with van der Waals surface area (Å²) in [6.07, 6.45) is 2.48. The molecule has 1 aliphatic heterocycles. The van der Waals surface area contributed by atoms with Gasteiger partial charge in [-0.3, -0.25) is 0 Å². The van der Waals surface area contributed by atoms with E-state index < -0.39 is 0 Å². The molecule has 3 N–H and O–H groups in total. The highest BCUT2D eigenvalue weighted by atomic mass is 79.9. The minimum atomic E-state index is 0.134. The molecule has 4 nitrogen and oxygen atoms in total. The van der Waals surface area contributed by atoms with Gasteiger partial charge in [0.2, 0.25) is 0 Å². The van der Waals surface area contributed by atoms with Crippen molar-refractivity contribution in [1.29, 1.82) is 5.26 Å². The van der Waals surface area contributed by atoms with Crippen molar-refractivity contribution in [3.05, 3.63) is 28.2 Å². The molecule has 1 aromatic rings. The zero-order valence-corrected chi connectivity index (χ0v) is 12.1. The second kappa shape index (κ2) is 5.12. The first-order chi connectivity index (χ1) is 9.19. The van der Waals surface area contributed by atoms with Gasteiger partial charge in [0.05, 0.1) is 23.8 Å². The molecule has 3 rings (SSSR count). The second-order valence-electron chi connectivity index (χ2n) is 5.23. The van der Waals surface area contributed by atoms with Gasteiger partial charge in [-0.25, -0.2) is 0 Å². The second-order valence-corrected chi connectivity index (χ2v) is 6.15. The quantitative estimate of drug-likeness (QED) is 0.876. The minimum absolute atomic E-state index is 0.134. The van der Waals surface area contributed by atoms with E-state index in [1.807, 2.05) is 12.1 Å². The number of benzene rings is 1. The number of ether oxygens (including phenoxy) is 1. The summed E-state index contributed by atoms with van der Waals surface area (Å²) in [6, 6.07) is 8.03. The maximum Gasteiger partial charge on any atom is 0.0992 e. The third-order valence-corrected chi connectivity index (χ3v) is 4.50. The fourth-order valence-corrected chi connectivity index (χ4v) is 3.55. The summed E-state index contributed by atoms with van der Waals surface area (Å²) in [6.45, 7) is 0.827. The van der Waals surface area contributed by atoms with Crippen molar-refractivity contribution in [3.8, 4) is 6.07 Å². The fourth-order valence-electron chi connectivity index (χ4n) is 3.06. The van der Waals surface area contributed by atoms with Gasteiger partial charge in [0, 0.05) is 28.7 Å². The molecule has 0 aromatic heterocycles. The van der Waals surface area contributed by atoms with Crippen LogP contribution in [0.3, 0.4) is 0 Å². The highest BCUT2D eigenvalue weighted by Crippen LogP contribution is 2.38. The van der Waals surface area contributed by atoms with Gasteiger partial charge < -0.3 is 15.8 Å². The molecule has 5 heteroatoms. The van der Waals surface area contributed by atoms with Gasteiger partial charge >= 0.3 is 0 Å². The Morgan fingerprint density at radius 3 is 3.05 bits per heavy atom. The van der Waals surface area contributed by atoms with Crippen LogP contribution in [0.25, 0.3) is 0 Å². The average molecular weight is 322 g/mol. The first kappa shape index (κ1) is 12.9. The summed E-state index contributed by atoms with van der Waals surface area (Å²) in [5.41, 5.74) is 7.76. The molecule has 1 saturated carbocycles. The van der Waals surface area contributed by atoms with Gasteiger partial charge in [-0.15, -0.1) is 0 Å². The Balaban J connectivity index is 1.75. The number of anilines is 1. The Kier molecular flexibility index (Phi) is 3.48. The molecule has 2 aliphatic rings. The van der Waals surface area contributed by atoms with E-state index in [4.69, 9.17) is 15.7 Å². The lowest BCUT2D eigenvalue weighted by Gasteiger charge is -2.52. The summed E-state index contributed by atoms with van der Waals surface area (Å²) in [5.74, 6) is 0.480. The third kappa shape index (κ3) is 2.36. The van der Waals surface area contributed by atoms with E-state index >= 15 is 0 Å². The van der Waals surface area contributed by atoms with Crippen LogP contribution in [0.15, 0.2) is 22.7 Å². The van der Waals surface area contributed by atoms with Crippen LogP contribution >= 0.6 is 15.9 Å². The van der Waals surface area contributed by atoms with Crippen LogP contribution in [0.2, 0.25) is 0 Å². The van der Waals surface area contributed by atoms with Crippen LogP contribution < -0.4 is 11.1 Å². The average Bonchev–Trinajstić information content (AvgIpc) is 2.43. The number of nitrogens with one attached hydrogen (secondary N) is 1. The van der Waals surface area contributed by atoms with Crippen molar-refractivity contribution in [2.45, 2.75) is 31.0 Å². The predicted octanol–water partition coefficient (Wildman–Crippen LogP) is 2.24. The fraction of sp³-hybridized carbons (Fsp3) is 0.500. The number of hydrogen-bond acceptors (Lipinski definition) is 4. The molecule has 1 aliphatic carbocycles. The predicted molar refractivity (Wildman–Crippen MR) is 76.7 cm³/mol. The molecule has 1 heterocycles. The van der Waals surface area contributed by atoms with Crippen LogP contribution in [-0.2, 0) is 4.74 Å². The molecule has 100 valence electrons. The number of fused-ring (bicyclic) bond motifs is 1. The van der Waals surface area contributed by atoms with Crippen LogP contribution in [0, 0.1) is 17.2 Å². The van der Waals surface area contributed by atoms with Crippen molar-refractivity contribution in [2.75, 3.05) is 11.9 Å². The van der Waals surface area contributed by atoms with Crippen LogP contribution in [0.5, 0.6) is 0 Å². The van der Waals surface area contributed by atoms with E-state index in [0.29, 0.717) is 11.5 Å². The molecule has 1 saturated heterocycles. The van der Waals surface area contributed by atoms with E-state index in [2.05, 4.69) is 27.3 Å². The topological polar surface area (TPSA) is 71.1 Å². The summed E-state index contributed by atoms with van der Waals surface area (Å²) in [5, 5.41) is 12.4. The molecule has 2 fully saturated rings. The zero-order chi connectivity index (χ0) is 13.4. The number of hydrogen-bond donors (Lipinski definition) is 2. The normalized spacial score (nSPS) is 32.9.